The molecule has 2 N–H and O–H groups in total. The number of phenolic OH excluding ortho intramolecular Hbond substituents is 1. The zero-order chi connectivity index (χ0) is 10.7. The summed E-state index contributed by atoms with van der Waals surface area (Å²) >= 11 is 0. The number of aliphatic hydroxyl groups is 1. The largest absolute Gasteiger partial charge is 0.508 e. The lowest BCUT2D eigenvalue weighted by atomic mass is 10.1. The number of aromatic hydroxyl groups is 1. The van der Waals surface area contributed by atoms with Gasteiger partial charge in [-0.2, -0.15) is 0 Å². The minimum Gasteiger partial charge on any atom is -0.508 e. The smallest absolute Gasteiger partial charge is 0.198 e. The summed E-state index contributed by atoms with van der Waals surface area (Å²) in [6, 6.07) is 7.02. The van der Waals surface area contributed by atoms with Gasteiger partial charge in [0.15, 0.2) is 5.89 Å². The molecule has 0 saturated heterocycles. The molecule has 0 unspecified atom stereocenters. The van der Waals surface area contributed by atoms with Crippen molar-refractivity contribution < 1.29 is 14.6 Å². The normalized spacial score (nSPS) is 10.5. The van der Waals surface area contributed by atoms with Gasteiger partial charge in [0.25, 0.3) is 0 Å². The Balaban J connectivity index is 2.18. The molecule has 78 valence electrons. The predicted octanol–water partition coefficient (Wildman–Crippen LogP) is 1.46. The summed E-state index contributed by atoms with van der Waals surface area (Å²) in [5.41, 5.74) is 1.25. The Morgan fingerprint density at radius 1 is 1.27 bits per heavy atom. The van der Waals surface area contributed by atoms with Crippen molar-refractivity contribution in [3.05, 3.63) is 47.7 Å². The molecule has 0 amide bonds. The first-order valence-corrected chi connectivity index (χ1v) is 4.60. The Labute approximate surface area is 86.8 Å². The standard InChI is InChI=1S/C11H11NO3/c13-6-9-7-15-11(12-9)5-8-3-1-2-4-10(8)14/h1-4,7,13-14H,5-6H2. The van der Waals surface area contributed by atoms with Crippen LogP contribution in [0.15, 0.2) is 34.9 Å². The molecule has 0 radical (unpaired) electrons. The maximum Gasteiger partial charge on any atom is 0.198 e. The molecule has 0 bridgehead atoms. The predicted molar refractivity (Wildman–Crippen MR) is 53.3 cm³/mol. The highest BCUT2D eigenvalue weighted by molar-refractivity contribution is 5.33. The van der Waals surface area contributed by atoms with E-state index in [0.29, 0.717) is 18.0 Å². The highest BCUT2D eigenvalue weighted by atomic mass is 16.3. The Morgan fingerprint density at radius 3 is 2.73 bits per heavy atom. The third-order valence-electron chi connectivity index (χ3n) is 2.09. The molecule has 2 rings (SSSR count). The molecule has 4 heteroatoms. The molecule has 0 spiro atoms. The quantitative estimate of drug-likeness (QED) is 0.796. The summed E-state index contributed by atoms with van der Waals surface area (Å²) in [4.78, 5) is 4.04. The van der Waals surface area contributed by atoms with Crippen LogP contribution < -0.4 is 0 Å². The zero-order valence-electron chi connectivity index (χ0n) is 8.05. The minimum atomic E-state index is -0.135. The summed E-state index contributed by atoms with van der Waals surface area (Å²) in [6.07, 6.45) is 1.84. The van der Waals surface area contributed by atoms with Gasteiger partial charge in [0.1, 0.15) is 17.7 Å². The second kappa shape index (κ2) is 4.14. The van der Waals surface area contributed by atoms with Crippen LogP contribution in [0.1, 0.15) is 17.1 Å². The highest BCUT2D eigenvalue weighted by Gasteiger charge is 2.06. The third-order valence-corrected chi connectivity index (χ3v) is 2.09. The van der Waals surface area contributed by atoms with Crippen LogP contribution in [-0.2, 0) is 13.0 Å². The van der Waals surface area contributed by atoms with Crippen molar-refractivity contribution in [1.29, 1.82) is 0 Å². The molecule has 0 aliphatic carbocycles. The van der Waals surface area contributed by atoms with Crippen LogP contribution in [0.25, 0.3) is 0 Å². The number of nitrogens with zero attached hydrogens (tertiary/aromatic N) is 1. The average molecular weight is 205 g/mol. The van der Waals surface area contributed by atoms with Gasteiger partial charge in [-0.3, -0.25) is 0 Å². The second-order valence-corrected chi connectivity index (χ2v) is 3.20. The van der Waals surface area contributed by atoms with Crippen LogP contribution in [0.3, 0.4) is 0 Å². The first-order chi connectivity index (χ1) is 7.29. The van der Waals surface area contributed by atoms with Crippen LogP contribution in [-0.4, -0.2) is 15.2 Å². The maximum atomic E-state index is 9.52. The molecule has 1 heterocycles. The van der Waals surface area contributed by atoms with Crippen LogP contribution in [0.2, 0.25) is 0 Å². The van der Waals surface area contributed by atoms with Gasteiger partial charge in [-0.1, -0.05) is 18.2 Å². The van der Waals surface area contributed by atoms with Crippen LogP contribution in [0.5, 0.6) is 5.75 Å². The van der Waals surface area contributed by atoms with Gasteiger partial charge >= 0.3 is 0 Å². The number of hydrogen-bond donors (Lipinski definition) is 2. The van der Waals surface area contributed by atoms with Gasteiger partial charge in [-0.05, 0) is 6.07 Å². The summed E-state index contributed by atoms with van der Waals surface area (Å²) < 4.78 is 5.13. The molecule has 1 aromatic heterocycles. The Morgan fingerprint density at radius 2 is 2.07 bits per heavy atom. The van der Waals surface area contributed by atoms with E-state index >= 15 is 0 Å². The monoisotopic (exact) mass is 205 g/mol. The number of aromatic nitrogens is 1. The molecule has 2 aromatic rings. The SMILES string of the molecule is OCc1coc(Cc2ccccc2O)n1. The molecular formula is C11H11NO3. The van der Waals surface area contributed by atoms with E-state index in [1.54, 1.807) is 18.2 Å². The lowest BCUT2D eigenvalue weighted by Crippen LogP contribution is -1.90. The molecule has 4 nitrogen and oxygen atoms in total. The van der Waals surface area contributed by atoms with E-state index in [9.17, 15) is 5.11 Å². The van der Waals surface area contributed by atoms with E-state index in [2.05, 4.69) is 4.98 Å². The van der Waals surface area contributed by atoms with Crippen LogP contribution in [0.4, 0.5) is 0 Å². The summed E-state index contributed by atoms with van der Waals surface area (Å²) in [5, 5.41) is 18.3. The van der Waals surface area contributed by atoms with Gasteiger partial charge in [-0.15, -0.1) is 0 Å². The van der Waals surface area contributed by atoms with Crippen molar-refractivity contribution in [3.8, 4) is 5.75 Å². The van der Waals surface area contributed by atoms with Gasteiger partial charge in [-0.25, -0.2) is 4.98 Å². The molecule has 0 saturated carbocycles. The van der Waals surface area contributed by atoms with Crippen molar-refractivity contribution in [2.24, 2.45) is 0 Å². The summed E-state index contributed by atoms with van der Waals surface area (Å²) in [6.45, 7) is -0.135. The average Bonchev–Trinajstić information content (AvgIpc) is 2.69. The number of aliphatic hydroxyl groups excluding tert-OH is 1. The van der Waals surface area contributed by atoms with Crippen molar-refractivity contribution in [2.45, 2.75) is 13.0 Å². The Bertz CT molecular complexity index is 451. The topological polar surface area (TPSA) is 66.5 Å². The first kappa shape index (κ1) is 9.73. The number of rotatable bonds is 3. The molecule has 0 aliphatic heterocycles. The molecule has 15 heavy (non-hydrogen) atoms. The lowest BCUT2D eigenvalue weighted by molar-refractivity contribution is 0.276. The number of para-hydroxylation sites is 1. The fourth-order valence-corrected chi connectivity index (χ4v) is 1.33. The van der Waals surface area contributed by atoms with E-state index in [0.717, 1.165) is 5.56 Å². The lowest BCUT2D eigenvalue weighted by Gasteiger charge is -1.99. The van der Waals surface area contributed by atoms with Crippen molar-refractivity contribution in [3.63, 3.8) is 0 Å². The van der Waals surface area contributed by atoms with Crippen molar-refractivity contribution in [2.75, 3.05) is 0 Å². The Hall–Kier alpha value is -1.81. The number of phenols is 1. The van der Waals surface area contributed by atoms with Gasteiger partial charge in [0, 0.05) is 5.56 Å². The number of hydrogen-bond acceptors (Lipinski definition) is 4. The Kier molecular flexibility index (Phi) is 2.69. The van der Waals surface area contributed by atoms with E-state index in [1.807, 2.05) is 6.07 Å². The van der Waals surface area contributed by atoms with E-state index in [4.69, 9.17) is 9.52 Å². The number of oxazole rings is 1. The third kappa shape index (κ3) is 2.16. The molecule has 0 atom stereocenters. The van der Waals surface area contributed by atoms with E-state index in [1.165, 1.54) is 6.26 Å². The van der Waals surface area contributed by atoms with Gasteiger partial charge < -0.3 is 14.6 Å². The molecule has 1 aromatic carbocycles. The van der Waals surface area contributed by atoms with Crippen molar-refractivity contribution >= 4 is 0 Å². The van der Waals surface area contributed by atoms with Gasteiger partial charge in [0.05, 0.1) is 13.0 Å². The first-order valence-electron chi connectivity index (χ1n) is 4.60. The van der Waals surface area contributed by atoms with Crippen molar-refractivity contribution in [1.82, 2.24) is 4.98 Å². The summed E-state index contributed by atoms with van der Waals surface area (Å²) in [5.74, 6) is 0.710. The molecular weight excluding hydrogens is 194 g/mol. The number of benzene rings is 1. The van der Waals surface area contributed by atoms with E-state index in [-0.39, 0.29) is 12.4 Å². The van der Waals surface area contributed by atoms with Crippen LogP contribution in [0, 0.1) is 0 Å². The molecule has 0 fully saturated rings. The fraction of sp³-hybridized carbons (Fsp3) is 0.182. The maximum absolute atomic E-state index is 9.52. The fourth-order valence-electron chi connectivity index (χ4n) is 1.33. The molecule has 0 aliphatic rings. The highest BCUT2D eigenvalue weighted by Crippen LogP contribution is 2.19. The minimum absolute atomic E-state index is 0.135. The van der Waals surface area contributed by atoms with E-state index < -0.39 is 0 Å². The second-order valence-electron chi connectivity index (χ2n) is 3.20. The van der Waals surface area contributed by atoms with Crippen LogP contribution >= 0.6 is 0 Å². The summed E-state index contributed by atoms with van der Waals surface area (Å²) in [7, 11) is 0. The van der Waals surface area contributed by atoms with Gasteiger partial charge in [0.2, 0.25) is 0 Å². The zero-order valence-corrected chi connectivity index (χ0v) is 8.05.